The highest BCUT2D eigenvalue weighted by molar-refractivity contribution is 7.26. The van der Waals surface area contributed by atoms with Crippen molar-refractivity contribution in [1.82, 2.24) is 9.55 Å². The quantitative estimate of drug-likeness (QED) is 0.162. The van der Waals surface area contributed by atoms with E-state index in [4.69, 9.17) is 9.40 Å². The summed E-state index contributed by atoms with van der Waals surface area (Å²) < 4.78 is 13.6. The second-order valence-electron chi connectivity index (χ2n) is 19.9. The summed E-state index contributed by atoms with van der Waals surface area (Å²) in [7, 11) is 0. The van der Waals surface area contributed by atoms with Crippen LogP contribution in [0.15, 0.2) is 150 Å². The number of para-hydroxylation sites is 1. The summed E-state index contributed by atoms with van der Waals surface area (Å²) in [6, 6.07) is 54.6. The Bertz CT molecular complexity index is 3990. The Morgan fingerprint density at radius 3 is 2.09 bits per heavy atom. The van der Waals surface area contributed by atoms with Crippen LogP contribution in [-0.2, 0) is 10.8 Å². The molecular weight excluding hydrogens is 818 g/mol. The van der Waals surface area contributed by atoms with E-state index in [-0.39, 0.29) is 17.7 Å². The molecule has 4 aromatic heterocycles. The molecule has 0 N–H and O–H groups in total. The molecule has 0 bridgehead atoms. The second-order valence-corrected chi connectivity index (χ2v) is 22.0. The summed E-state index contributed by atoms with van der Waals surface area (Å²) in [5.74, 6) is 0. The summed E-state index contributed by atoms with van der Waals surface area (Å²) in [6.45, 7) is 13.7. The largest absolute Gasteiger partial charge is 0.455 e. The van der Waals surface area contributed by atoms with Crippen LogP contribution >= 0.6 is 22.7 Å². The van der Waals surface area contributed by atoms with E-state index in [1.807, 2.05) is 11.3 Å². The van der Waals surface area contributed by atoms with Crippen LogP contribution in [0.3, 0.4) is 0 Å². The molecule has 0 fully saturated rings. The van der Waals surface area contributed by atoms with Gasteiger partial charge in [0.2, 0.25) is 0 Å². The second kappa shape index (κ2) is 12.5. The zero-order chi connectivity index (χ0) is 43.0. The SMILES string of the molecule is CC(C)(C)c1ccc(N2B3c4cc5nc(-c6ccccc6)sc5cc4-n4c5ccc(C(C)(C)C)cc5c5c6oc7ccccc7c6c(c3c54)-c3cc4c(cc32)sc2ccccc24)cc1. The molecule has 0 atom stereocenters. The van der Waals surface area contributed by atoms with Crippen molar-refractivity contribution < 1.29 is 4.42 Å². The van der Waals surface area contributed by atoms with Gasteiger partial charge in [-0.3, -0.25) is 0 Å². The van der Waals surface area contributed by atoms with E-state index in [1.165, 1.54) is 102 Å². The van der Waals surface area contributed by atoms with Crippen molar-refractivity contribution in [3.63, 3.8) is 0 Å². The lowest BCUT2D eigenvalue weighted by atomic mass is 9.43. The predicted molar refractivity (Wildman–Crippen MR) is 276 cm³/mol. The molecule has 64 heavy (non-hydrogen) atoms. The number of hydrogen-bond donors (Lipinski definition) is 0. The number of thiazole rings is 1. The normalized spacial score (nSPS) is 13.7. The molecule has 7 heteroatoms. The van der Waals surface area contributed by atoms with Gasteiger partial charge in [-0.15, -0.1) is 22.7 Å². The van der Waals surface area contributed by atoms with E-state index in [0.29, 0.717) is 0 Å². The van der Waals surface area contributed by atoms with Crippen LogP contribution in [0.4, 0.5) is 11.4 Å². The third-order valence-electron chi connectivity index (χ3n) is 14.1. The van der Waals surface area contributed by atoms with Gasteiger partial charge >= 0.3 is 6.85 Å². The average molecular weight is 860 g/mol. The molecule has 2 aliphatic heterocycles. The molecule has 12 aromatic rings. The van der Waals surface area contributed by atoms with E-state index in [2.05, 4.69) is 197 Å². The molecule has 6 heterocycles. The Morgan fingerprint density at radius 1 is 0.578 bits per heavy atom. The number of furan rings is 1. The van der Waals surface area contributed by atoms with Gasteiger partial charge in [0.05, 0.1) is 26.6 Å². The molecule has 306 valence electrons. The number of rotatable bonds is 2. The van der Waals surface area contributed by atoms with Crippen LogP contribution < -0.4 is 15.7 Å². The molecule has 8 aromatic carbocycles. The Labute approximate surface area is 379 Å². The van der Waals surface area contributed by atoms with Crippen LogP contribution in [0.2, 0.25) is 0 Å². The van der Waals surface area contributed by atoms with Gasteiger partial charge < -0.3 is 13.8 Å². The Hall–Kier alpha value is -6.67. The van der Waals surface area contributed by atoms with Gasteiger partial charge in [-0.2, -0.15) is 0 Å². The van der Waals surface area contributed by atoms with E-state index in [1.54, 1.807) is 11.3 Å². The van der Waals surface area contributed by atoms with E-state index < -0.39 is 0 Å². The van der Waals surface area contributed by atoms with Crippen LogP contribution in [0.25, 0.3) is 102 Å². The van der Waals surface area contributed by atoms with Crippen LogP contribution in [0, 0.1) is 0 Å². The van der Waals surface area contributed by atoms with Gasteiger partial charge in [0, 0.05) is 64.5 Å². The molecule has 14 rings (SSSR count). The standard InChI is InChI=1S/C57H42BN3OS2/c1-56(2,3)32-20-23-34(24-21-32)61-43-29-47-37(35-16-11-13-19-46(35)63-47)27-39(43)49-50-36-17-10-12-18-45(36)62-54(50)51-38-26-33(57(4,5)6)22-25-42(38)60-44-30-48-41(28-40(44)58(61)52(49)53(51)60)59-55(64-48)31-14-8-7-9-15-31/h7-30H,1-6H3. The number of anilines is 2. The summed E-state index contributed by atoms with van der Waals surface area (Å²) in [6.07, 6.45) is 0. The van der Waals surface area contributed by atoms with Crippen LogP contribution in [-0.4, -0.2) is 16.4 Å². The van der Waals surface area contributed by atoms with Crippen LogP contribution in [0.1, 0.15) is 52.7 Å². The molecule has 0 aliphatic carbocycles. The fourth-order valence-electron chi connectivity index (χ4n) is 11.0. The fourth-order valence-corrected chi connectivity index (χ4v) is 13.1. The van der Waals surface area contributed by atoms with E-state index in [0.717, 1.165) is 32.6 Å². The number of benzene rings is 8. The van der Waals surface area contributed by atoms with Crippen molar-refractivity contribution in [2.24, 2.45) is 0 Å². The van der Waals surface area contributed by atoms with Crippen molar-refractivity contribution in [3.8, 4) is 27.4 Å². The van der Waals surface area contributed by atoms with Gasteiger partial charge in [-0.1, -0.05) is 126 Å². The van der Waals surface area contributed by atoms with E-state index >= 15 is 0 Å². The molecule has 0 spiro atoms. The van der Waals surface area contributed by atoms with Gasteiger partial charge in [-0.25, -0.2) is 4.98 Å². The minimum atomic E-state index is -0.171. The number of fused-ring (bicyclic) bond motifs is 17. The van der Waals surface area contributed by atoms with Crippen molar-refractivity contribution in [3.05, 3.63) is 157 Å². The summed E-state index contributed by atoms with van der Waals surface area (Å²) in [5.41, 5.74) is 17.7. The highest BCUT2D eigenvalue weighted by atomic mass is 32.1. The third kappa shape index (κ3) is 4.91. The maximum Gasteiger partial charge on any atom is 0.333 e. The molecule has 0 unspecified atom stereocenters. The predicted octanol–water partition coefficient (Wildman–Crippen LogP) is 15.2. The van der Waals surface area contributed by atoms with Crippen molar-refractivity contribution in [2.45, 2.75) is 52.4 Å². The fraction of sp³-hybridized carbons (Fsp3) is 0.140. The zero-order valence-corrected chi connectivity index (χ0v) is 38.1. The minimum Gasteiger partial charge on any atom is -0.455 e. The van der Waals surface area contributed by atoms with Crippen molar-refractivity contribution in [2.75, 3.05) is 4.81 Å². The van der Waals surface area contributed by atoms with Crippen LogP contribution in [0.5, 0.6) is 0 Å². The molecule has 0 saturated carbocycles. The highest BCUT2D eigenvalue weighted by Crippen LogP contribution is 2.53. The molecule has 0 saturated heterocycles. The lowest BCUT2D eigenvalue weighted by Gasteiger charge is -2.42. The Kier molecular flexibility index (Phi) is 7.20. The Morgan fingerprint density at radius 2 is 1.30 bits per heavy atom. The molecule has 4 nitrogen and oxygen atoms in total. The molecule has 2 aliphatic rings. The highest BCUT2D eigenvalue weighted by Gasteiger charge is 2.46. The molecular formula is C57H42BN3OS2. The maximum atomic E-state index is 7.23. The number of hydrogen-bond acceptors (Lipinski definition) is 5. The molecule has 0 amide bonds. The first-order valence-electron chi connectivity index (χ1n) is 22.3. The number of aromatic nitrogens is 2. The smallest absolute Gasteiger partial charge is 0.333 e. The number of thiophene rings is 1. The Balaban J connectivity index is 1.21. The van der Waals surface area contributed by atoms with Gasteiger partial charge in [0.1, 0.15) is 16.2 Å². The minimum absolute atomic E-state index is 0.0191. The summed E-state index contributed by atoms with van der Waals surface area (Å²) in [5, 5.41) is 8.37. The number of nitrogens with zero attached hydrogens (tertiary/aromatic N) is 3. The van der Waals surface area contributed by atoms with Gasteiger partial charge in [-0.05, 0) is 99.1 Å². The first kappa shape index (κ1) is 36.8. The van der Waals surface area contributed by atoms with Crippen molar-refractivity contribution in [1.29, 1.82) is 0 Å². The van der Waals surface area contributed by atoms with Gasteiger partial charge in [0.25, 0.3) is 0 Å². The van der Waals surface area contributed by atoms with E-state index in [9.17, 15) is 0 Å². The lowest BCUT2D eigenvalue weighted by molar-refractivity contribution is 0.590. The maximum absolute atomic E-state index is 7.23. The monoisotopic (exact) mass is 859 g/mol. The summed E-state index contributed by atoms with van der Waals surface area (Å²) >= 11 is 3.66. The third-order valence-corrected chi connectivity index (χ3v) is 16.3. The summed E-state index contributed by atoms with van der Waals surface area (Å²) in [4.78, 5) is 8.06. The topological polar surface area (TPSA) is 34.2 Å². The van der Waals surface area contributed by atoms with Crippen molar-refractivity contribution >= 4 is 126 Å². The molecule has 0 radical (unpaired) electrons. The zero-order valence-electron chi connectivity index (χ0n) is 36.5. The first-order valence-corrected chi connectivity index (χ1v) is 23.9. The lowest BCUT2D eigenvalue weighted by Crippen LogP contribution is -2.60. The average Bonchev–Trinajstić information content (AvgIpc) is 4.07. The van der Waals surface area contributed by atoms with Gasteiger partial charge in [0.15, 0.2) is 0 Å². The first-order chi connectivity index (χ1) is 31.0.